The highest BCUT2D eigenvalue weighted by Crippen LogP contribution is 2.75. The van der Waals surface area contributed by atoms with Gasteiger partial charge in [0.15, 0.2) is 5.60 Å². The van der Waals surface area contributed by atoms with Crippen molar-refractivity contribution in [2.24, 2.45) is 34.0 Å². The second kappa shape index (κ2) is 9.78. The Bertz CT molecular complexity index is 1210. The summed E-state index contributed by atoms with van der Waals surface area (Å²) in [6.07, 6.45) is -0.930. The molecule has 4 aliphatic carbocycles. The molecule has 5 fully saturated rings. The molecule has 42 heavy (non-hydrogen) atoms. The second-order valence-electron chi connectivity index (χ2n) is 14.3. The van der Waals surface area contributed by atoms with E-state index in [2.05, 4.69) is 6.58 Å². The molecule has 1 N–H and O–H groups in total. The molecule has 1 spiro atoms. The predicted molar refractivity (Wildman–Crippen MR) is 149 cm³/mol. The van der Waals surface area contributed by atoms with Crippen molar-refractivity contribution in [2.45, 2.75) is 123 Å². The van der Waals surface area contributed by atoms with Gasteiger partial charge in [0.1, 0.15) is 18.3 Å². The molecule has 1 aliphatic heterocycles. The summed E-state index contributed by atoms with van der Waals surface area (Å²) in [7, 11) is 1.34. The van der Waals surface area contributed by atoms with Crippen molar-refractivity contribution in [2.75, 3.05) is 7.11 Å². The van der Waals surface area contributed by atoms with Gasteiger partial charge in [-0.2, -0.15) is 0 Å². The third-order valence-corrected chi connectivity index (χ3v) is 12.0. The fourth-order valence-electron chi connectivity index (χ4n) is 9.32. The Kier molecular flexibility index (Phi) is 7.21. The van der Waals surface area contributed by atoms with Gasteiger partial charge in [-0.25, -0.2) is 4.79 Å². The Morgan fingerprint density at radius 3 is 2.19 bits per heavy atom. The Morgan fingerprint density at radius 1 is 1.00 bits per heavy atom. The van der Waals surface area contributed by atoms with Crippen molar-refractivity contribution in [3.05, 3.63) is 12.2 Å². The fraction of sp³-hybridized carbons (Fsp3) is 0.812. The van der Waals surface area contributed by atoms with Crippen LogP contribution in [-0.4, -0.2) is 71.7 Å². The third-order valence-electron chi connectivity index (χ3n) is 12.0. The Balaban J connectivity index is 1.72. The van der Waals surface area contributed by atoms with Crippen LogP contribution < -0.4 is 0 Å². The monoisotopic (exact) mass is 590 g/mol. The standard InChI is InChI=1S/C32H46O10/c1-16(2)25(34)40-23-14-21-28(6,26(35)38-9)12-11-22(41-27(36)30(8)18(4)42-30)29(21,7)32(37)13-10-20-15-31(23,32)24(17(20)3)39-19(5)33/h16,18,20-24,37H,3,10-15H2,1-2,4-9H3. The molecule has 0 aromatic rings. The topological polar surface area (TPSA) is 138 Å². The Labute approximate surface area is 247 Å². The zero-order chi connectivity index (χ0) is 31.2. The number of esters is 4. The van der Waals surface area contributed by atoms with E-state index in [1.807, 2.05) is 13.8 Å². The highest BCUT2D eigenvalue weighted by Gasteiger charge is 2.82. The van der Waals surface area contributed by atoms with Crippen LogP contribution in [-0.2, 0) is 42.9 Å². The zero-order valence-corrected chi connectivity index (χ0v) is 26.1. The molecule has 0 amide bonds. The maximum absolute atomic E-state index is 13.5. The van der Waals surface area contributed by atoms with Gasteiger partial charge in [0.2, 0.25) is 0 Å². The van der Waals surface area contributed by atoms with Crippen molar-refractivity contribution >= 4 is 23.9 Å². The first-order valence-corrected chi connectivity index (χ1v) is 15.2. The predicted octanol–water partition coefficient (Wildman–Crippen LogP) is 3.66. The first-order chi connectivity index (χ1) is 19.4. The van der Waals surface area contributed by atoms with Crippen molar-refractivity contribution in [3.8, 4) is 0 Å². The maximum Gasteiger partial charge on any atom is 0.341 e. The molecule has 10 nitrogen and oxygen atoms in total. The van der Waals surface area contributed by atoms with Gasteiger partial charge in [-0.05, 0) is 76.7 Å². The summed E-state index contributed by atoms with van der Waals surface area (Å²) in [5, 5.41) is 13.4. The van der Waals surface area contributed by atoms with Crippen LogP contribution in [0.1, 0.15) is 87.0 Å². The minimum atomic E-state index is -1.68. The average molecular weight is 591 g/mol. The lowest BCUT2D eigenvalue weighted by atomic mass is 9.37. The molecule has 5 rings (SSSR count). The van der Waals surface area contributed by atoms with E-state index in [9.17, 15) is 24.3 Å². The third kappa shape index (κ3) is 3.89. The number of carbonyl (C=O) groups excluding carboxylic acids is 4. The molecule has 11 atom stereocenters. The summed E-state index contributed by atoms with van der Waals surface area (Å²) in [5.41, 5.74) is -5.64. The first kappa shape index (κ1) is 31.0. The summed E-state index contributed by atoms with van der Waals surface area (Å²) in [6.45, 7) is 16.3. The SMILES string of the molecule is C=C1C2CCC3(O)C4(C)C(OC(=O)C5(C)OC5C)CCC(C)(C(=O)OC)C4CC(OC(=O)C(C)C)C3(C2)C1OC(C)=O. The van der Waals surface area contributed by atoms with Gasteiger partial charge in [0, 0.05) is 12.3 Å². The molecule has 1 heterocycles. The summed E-state index contributed by atoms with van der Waals surface area (Å²) in [5.74, 6) is -3.08. The first-order valence-electron chi connectivity index (χ1n) is 15.2. The number of epoxide rings is 1. The van der Waals surface area contributed by atoms with Crippen molar-refractivity contribution in [1.29, 1.82) is 0 Å². The van der Waals surface area contributed by atoms with E-state index in [0.717, 1.165) is 0 Å². The van der Waals surface area contributed by atoms with Crippen molar-refractivity contribution < 1.29 is 48.0 Å². The van der Waals surface area contributed by atoms with E-state index in [1.165, 1.54) is 14.0 Å². The van der Waals surface area contributed by atoms with E-state index in [4.69, 9.17) is 23.7 Å². The average Bonchev–Trinajstić information content (AvgIpc) is 3.48. The van der Waals surface area contributed by atoms with E-state index in [0.29, 0.717) is 31.3 Å². The lowest BCUT2D eigenvalue weighted by molar-refractivity contribution is -0.332. The van der Waals surface area contributed by atoms with Gasteiger partial charge in [0.25, 0.3) is 0 Å². The van der Waals surface area contributed by atoms with Gasteiger partial charge in [0.05, 0.1) is 35.6 Å². The Hall–Kier alpha value is -2.46. The smallest absolute Gasteiger partial charge is 0.341 e. The van der Waals surface area contributed by atoms with E-state index in [1.54, 1.807) is 27.7 Å². The molecule has 11 unspecified atom stereocenters. The lowest BCUT2D eigenvalue weighted by Crippen LogP contribution is -2.78. The number of fused-ring (bicyclic) bond motifs is 3. The van der Waals surface area contributed by atoms with E-state index in [-0.39, 0.29) is 24.9 Å². The minimum Gasteiger partial charge on any atom is -0.469 e. The summed E-state index contributed by atoms with van der Waals surface area (Å²) >= 11 is 0. The molecule has 1 saturated heterocycles. The number of methoxy groups -OCH3 is 1. The Morgan fingerprint density at radius 2 is 1.64 bits per heavy atom. The van der Waals surface area contributed by atoms with E-state index >= 15 is 0 Å². The summed E-state index contributed by atoms with van der Waals surface area (Å²) < 4.78 is 29.4. The lowest BCUT2D eigenvalue weighted by Gasteiger charge is -2.70. The van der Waals surface area contributed by atoms with Crippen LogP contribution in [0.5, 0.6) is 0 Å². The molecule has 2 bridgehead atoms. The van der Waals surface area contributed by atoms with Gasteiger partial charge in [-0.1, -0.05) is 27.4 Å². The van der Waals surface area contributed by atoms with Crippen LogP contribution in [0, 0.1) is 34.0 Å². The normalized spacial score (nSPS) is 47.1. The van der Waals surface area contributed by atoms with Gasteiger partial charge in [-0.3, -0.25) is 14.4 Å². The van der Waals surface area contributed by atoms with Gasteiger partial charge in [-0.15, -0.1) is 0 Å². The quantitative estimate of drug-likeness (QED) is 0.211. The van der Waals surface area contributed by atoms with Crippen LogP contribution in [0.4, 0.5) is 0 Å². The molecule has 4 saturated carbocycles. The molecule has 0 radical (unpaired) electrons. The minimum absolute atomic E-state index is 0.0637. The number of carbonyl (C=O) groups is 4. The van der Waals surface area contributed by atoms with Crippen molar-refractivity contribution in [3.63, 3.8) is 0 Å². The van der Waals surface area contributed by atoms with Gasteiger partial charge >= 0.3 is 23.9 Å². The van der Waals surface area contributed by atoms with Crippen LogP contribution in [0.3, 0.4) is 0 Å². The van der Waals surface area contributed by atoms with Crippen LogP contribution in [0.15, 0.2) is 12.2 Å². The van der Waals surface area contributed by atoms with E-state index < -0.39 is 81.5 Å². The van der Waals surface area contributed by atoms with Crippen molar-refractivity contribution in [1.82, 2.24) is 0 Å². The number of hydrogen-bond acceptors (Lipinski definition) is 10. The van der Waals surface area contributed by atoms with Gasteiger partial charge < -0.3 is 28.8 Å². The summed E-state index contributed by atoms with van der Waals surface area (Å²) in [6, 6.07) is 0. The molecular formula is C32H46O10. The summed E-state index contributed by atoms with van der Waals surface area (Å²) in [4.78, 5) is 52.7. The molecule has 0 aromatic carbocycles. The number of rotatable bonds is 6. The largest absolute Gasteiger partial charge is 0.469 e. The molecule has 10 heteroatoms. The second-order valence-corrected chi connectivity index (χ2v) is 14.3. The van der Waals surface area contributed by atoms with Crippen LogP contribution >= 0.6 is 0 Å². The number of ether oxygens (including phenoxy) is 5. The molecule has 0 aromatic heterocycles. The highest BCUT2D eigenvalue weighted by atomic mass is 16.7. The maximum atomic E-state index is 13.5. The number of aliphatic hydroxyl groups is 1. The molecular weight excluding hydrogens is 544 g/mol. The molecule has 234 valence electrons. The molecule has 5 aliphatic rings. The van der Waals surface area contributed by atoms with Crippen LogP contribution in [0.25, 0.3) is 0 Å². The zero-order valence-electron chi connectivity index (χ0n) is 26.1. The highest BCUT2D eigenvalue weighted by molar-refractivity contribution is 5.83. The fourth-order valence-corrected chi connectivity index (χ4v) is 9.32. The van der Waals surface area contributed by atoms with Crippen LogP contribution in [0.2, 0.25) is 0 Å². The number of hydrogen-bond donors (Lipinski definition) is 1.